The molecule has 0 aliphatic rings. The highest BCUT2D eigenvalue weighted by molar-refractivity contribution is 7.11. The quantitative estimate of drug-likeness (QED) is 0.328. The van der Waals surface area contributed by atoms with Crippen LogP contribution in [0.5, 0.6) is 0 Å². The number of carbonyl (C=O) groups excluding carboxylic acids is 1. The average Bonchev–Trinajstić information content (AvgIpc) is 3.24. The third-order valence-corrected chi connectivity index (χ3v) is 5.22. The summed E-state index contributed by atoms with van der Waals surface area (Å²) in [6.07, 6.45) is 5.11. The molecule has 0 bridgehead atoms. The zero-order valence-corrected chi connectivity index (χ0v) is 16.9. The second-order valence-electron chi connectivity index (χ2n) is 5.77. The van der Waals surface area contributed by atoms with Crippen LogP contribution in [0.4, 0.5) is 5.69 Å². The summed E-state index contributed by atoms with van der Waals surface area (Å²) in [7, 11) is 0. The van der Waals surface area contributed by atoms with Gasteiger partial charge >= 0.3 is 0 Å². The molecule has 1 amide bonds. The molecule has 11 heteroatoms. The van der Waals surface area contributed by atoms with Crippen LogP contribution in [0.15, 0.2) is 35.8 Å². The number of halogens is 1. The minimum absolute atomic E-state index is 0.0862. The largest absolute Gasteiger partial charge is 0.308 e. The number of azide groups is 1. The van der Waals surface area contributed by atoms with Gasteiger partial charge in [0.25, 0.3) is 0 Å². The Morgan fingerprint density at radius 1 is 1.50 bits per heavy atom. The number of anilines is 1. The topological polar surface area (TPSA) is 113 Å². The number of likely N-dealkylation sites (N-methyl/N-ethyl adjacent to an activating group) is 1. The van der Waals surface area contributed by atoms with Crippen molar-refractivity contribution in [2.45, 2.75) is 26.8 Å². The maximum atomic E-state index is 13.0. The second-order valence-corrected chi connectivity index (χ2v) is 7.41. The molecule has 3 aromatic heterocycles. The van der Waals surface area contributed by atoms with E-state index < -0.39 is 0 Å². The summed E-state index contributed by atoms with van der Waals surface area (Å²) in [6.45, 7) is 4.32. The zero-order valence-electron chi connectivity index (χ0n) is 15.3. The van der Waals surface area contributed by atoms with E-state index in [2.05, 4.69) is 25.1 Å². The van der Waals surface area contributed by atoms with E-state index in [1.165, 1.54) is 11.3 Å². The normalized spacial score (nSPS) is 10.5. The number of carbonyl (C=O) groups is 1. The van der Waals surface area contributed by atoms with Crippen molar-refractivity contribution in [3.05, 3.63) is 61.9 Å². The molecule has 3 aromatic rings. The van der Waals surface area contributed by atoms with Gasteiger partial charge in [0.1, 0.15) is 5.69 Å². The first-order valence-electron chi connectivity index (χ1n) is 8.45. The molecule has 0 saturated heterocycles. The first kappa shape index (κ1) is 19.8. The molecule has 0 saturated carbocycles. The van der Waals surface area contributed by atoms with Crippen LogP contribution in [0.25, 0.3) is 16.1 Å². The lowest BCUT2D eigenvalue weighted by molar-refractivity contribution is -0.118. The second kappa shape index (κ2) is 8.83. The Hall–Kier alpha value is -2.94. The highest BCUT2D eigenvalue weighted by atomic mass is 35.5. The molecule has 0 fully saturated rings. The Kier molecular flexibility index (Phi) is 6.25. The Labute approximate surface area is 170 Å². The predicted molar refractivity (Wildman–Crippen MR) is 108 cm³/mol. The van der Waals surface area contributed by atoms with Gasteiger partial charge in [-0.05, 0) is 31.5 Å². The standard InChI is InChI=1S/C17H17ClN8OS/c1-3-25(14-10-26(23-17(14)18)12-5-4-6-20-8-12)16(27)7-13-15(9-21-24-19)28-11(2)22-13/h4-6,8,10H,3,7,9H2,1-2H3. The maximum absolute atomic E-state index is 13.0. The third-order valence-electron chi connectivity index (χ3n) is 3.95. The summed E-state index contributed by atoms with van der Waals surface area (Å²) < 4.78 is 1.58. The van der Waals surface area contributed by atoms with Crippen LogP contribution in [0.2, 0.25) is 5.15 Å². The van der Waals surface area contributed by atoms with Crippen molar-refractivity contribution in [1.29, 1.82) is 0 Å². The van der Waals surface area contributed by atoms with Gasteiger partial charge < -0.3 is 4.90 Å². The van der Waals surface area contributed by atoms with E-state index in [-0.39, 0.29) is 24.0 Å². The molecule has 28 heavy (non-hydrogen) atoms. The number of thiazole rings is 1. The minimum atomic E-state index is -0.164. The predicted octanol–water partition coefficient (Wildman–Crippen LogP) is 4.09. The summed E-state index contributed by atoms with van der Waals surface area (Å²) in [5.41, 5.74) is 10.4. The van der Waals surface area contributed by atoms with Crippen LogP contribution in [0, 0.1) is 6.92 Å². The van der Waals surface area contributed by atoms with E-state index in [9.17, 15) is 4.79 Å². The van der Waals surface area contributed by atoms with E-state index >= 15 is 0 Å². The molecule has 0 unspecified atom stereocenters. The van der Waals surface area contributed by atoms with Gasteiger partial charge in [0, 0.05) is 22.5 Å². The average molecular weight is 417 g/mol. The number of hydrogen-bond acceptors (Lipinski definition) is 6. The molecule has 3 heterocycles. The summed E-state index contributed by atoms with van der Waals surface area (Å²) in [5, 5.41) is 8.91. The molecule has 0 aliphatic carbocycles. The van der Waals surface area contributed by atoms with E-state index in [0.29, 0.717) is 17.9 Å². The molecular weight excluding hydrogens is 400 g/mol. The summed E-state index contributed by atoms with van der Waals surface area (Å²) in [4.78, 5) is 26.6. The Balaban J connectivity index is 1.85. The summed E-state index contributed by atoms with van der Waals surface area (Å²) >= 11 is 7.72. The monoisotopic (exact) mass is 416 g/mol. The lowest BCUT2D eigenvalue weighted by Gasteiger charge is -2.19. The van der Waals surface area contributed by atoms with Gasteiger partial charge in [-0.2, -0.15) is 5.10 Å². The third kappa shape index (κ3) is 4.30. The lowest BCUT2D eigenvalue weighted by atomic mass is 10.2. The molecule has 0 N–H and O–H groups in total. The molecule has 0 aliphatic heterocycles. The zero-order chi connectivity index (χ0) is 20.1. The van der Waals surface area contributed by atoms with Crippen LogP contribution < -0.4 is 4.90 Å². The van der Waals surface area contributed by atoms with Crippen molar-refractivity contribution in [1.82, 2.24) is 19.7 Å². The smallest absolute Gasteiger partial charge is 0.233 e. The molecule has 144 valence electrons. The molecule has 3 rings (SSSR count). The van der Waals surface area contributed by atoms with Gasteiger partial charge in [0.05, 0.1) is 41.7 Å². The number of nitrogens with zero attached hydrogens (tertiary/aromatic N) is 8. The van der Waals surface area contributed by atoms with Crippen LogP contribution in [0.3, 0.4) is 0 Å². The van der Waals surface area contributed by atoms with E-state index in [4.69, 9.17) is 17.1 Å². The van der Waals surface area contributed by atoms with Gasteiger partial charge in [-0.3, -0.25) is 9.78 Å². The van der Waals surface area contributed by atoms with Crippen LogP contribution >= 0.6 is 22.9 Å². The molecule has 0 aromatic carbocycles. The minimum Gasteiger partial charge on any atom is -0.308 e. The van der Waals surface area contributed by atoms with Crippen molar-refractivity contribution < 1.29 is 4.79 Å². The van der Waals surface area contributed by atoms with Crippen LogP contribution in [0.1, 0.15) is 22.5 Å². The number of pyridine rings is 1. The number of aromatic nitrogens is 4. The van der Waals surface area contributed by atoms with Crippen LogP contribution in [-0.4, -0.2) is 32.2 Å². The van der Waals surface area contributed by atoms with Crippen molar-refractivity contribution in [3.8, 4) is 5.69 Å². The number of hydrogen-bond donors (Lipinski definition) is 0. The van der Waals surface area contributed by atoms with Gasteiger partial charge in [-0.1, -0.05) is 16.7 Å². The molecular formula is C17H17ClN8OS. The van der Waals surface area contributed by atoms with E-state index in [1.54, 1.807) is 34.2 Å². The number of aryl methyl sites for hydroxylation is 1. The molecule has 0 atom stereocenters. The Bertz CT molecular complexity index is 1030. The van der Waals surface area contributed by atoms with Crippen molar-refractivity contribution in [2.24, 2.45) is 5.11 Å². The first-order chi connectivity index (χ1) is 13.5. The summed E-state index contributed by atoms with van der Waals surface area (Å²) in [6, 6.07) is 3.64. The number of amides is 1. The first-order valence-corrected chi connectivity index (χ1v) is 9.64. The van der Waals surface area contributed by atoms with Gasteiger partial charge in [-0.25, -0.2) is 9.67 Å². The van der Waals surface area contributed by atoms with Gasteiger partial charge in [0.15, 0.2) is 5.15 Å². The Morgan fingerprint density at radius 2 is 2.32 bits per heavy atom. The fourth-order valence-corrected chi connectivity index (χ4v) is 3.84. The highest BCUT2D eigenvalue weighted by Gasteiger charge is 2.22. The fraction of sp³-hybridized carbons (Fsp3) is 0.294. The summed E-state index contributed by atoms with van der Waals surface area (Å²) in [5.74, 6) is -0.164. The molecule has 0 spiro atoms. The van der Waals surface area contributed by atoms with Crippen molar-refractivity contribution in [3.63, 3.8) is 0 Å². The lowest BCUT2D eigenvalue weighted by Crippen LogP contribution is -2.32. The van der Waals surface area contributed by atoms with Crippen molar-refractivity contribution >= 4 is 34.5 Å². The van der Waals surface area contributed by atoms with Crippen LogP contribution in [-0.2, 0) is 17.8 Å². The van der Waals surface area contributed by atoms with E-state index in [1.807, 2.05) is 19.9 Å². The van der Waals surface area contributed by atoms with Gasteiger partial charge in [0.2, 0.25) is 5.91 Å². The number of rotatable bonds is 7. The SMILES string of the molecule is CCN(C(=O)Cc1nc(C)sc1CN=[N+]=[N-])c1cn(-c2cccnc2)nc1Cl. The van der Waals surface area contributed by atoms with Gasteiger partial charge in [-0.15, -0.1) is 11.3 Å². The molecule has 0 radical (unpaired) electrons. The highest BCUT2D eigenvalue weighted by Crippen LogP contribution is 2.27. The molecule has 9 nitrogen and oxygen atoms in total. The van der Waals surface area contributed by atoms with Crippen molar-refractivity contribution in [2.75, 3.05) is 11.4 Å². The fourth-order valence-electron chi connectivity index (χ4n) is 2.74. The Morgan fingerprint density at radius 3 is 3.00 bits per heavy atom. The van der Waals surface area contributed by atoms with E-state index in [0.717, 1.165) is 15.6 Å². The maximum Gasteiger partial charge on any atom is 0.233 e.